The first-order chi connectivity index (χ1) is 8.08. The van der Waals surface area contributed by atoms with Crippen molar-refractivity contribution < 1.29 is 9.59 Å². The van der Waals surface area contributed by atoms with Gasteiger partial charge >= 0.3 is 0 Å². The molecule has 0 radical (unpaired) electrons. The summed E-state index contributed by atoms with van der Waals surface area (Å²) in [5, 5.41) is 2.85. The van der Waals surface area contributed by atoms with Crippen molar-refractivity contribution in [3.05, 3.63) is 29.8 Å². The van der Waals surface area contributed by atoms with Crippen LogP contribution in [-0.2, 0) is 4.79 Å². The van der Waals surface area contributed by atoms with E-state index in [2.05, 4.69) is 5.32 Å². The first-order valence-corrected chi connectivity index (χ1v) is 6.00. The third kappa shape index (κ3) is 3.70. The lowest BCUT2D eigenvalue weighted by Crippen LogP contribution is -2.21. The van der Waals surface area contributed by atoms with E-state index in [0.29, 0.717) is 11.3 Å². The average Bonchev–Trinajstić information content (AvgIpc) is 2.30. The quantitative estimate of drug-likeness (QED) is 0.793. The molecule has 0 aromatic heterocycles. The standard InChI is InChI=1S/C14H19NO2/c1-4-11(5-2)14(17)15-13-8-6-7-12(9-13)10(3)16/h6-9,11H,4-5H2,1-3H3,(H,15,17). The molecule has 0 aliphatic carbocycles. The number of Topliss-reactive ketones (excluding diaryl/α,β-unsaturated/α-hetero) is 1. The Bertz CT molecular complexity index is 408. The molecule has 3 nitrogen and oxygen atoms in total. The first-order valence-electron chi connectivity index (χ1n) is 6.00. The topological polar surface area (TPSA) is 46.2 Å². The second-order valence-electron chi connectivity index (χ2n) is 4.14. The third-order valence-electron chi connectivity index (χ3n) is 2.89. The number of benzene rings is 1. The fourth-order valence-electron chi connectivity index (χ4n) is 1.72. The highest BCUT2D eigenvalue weighted by molar-refractivity contribution is 5.97. The van der Waals surface area contributed by atoms with Gasteiger partial charge in [0.25, 0.3) is 0 Å². The van der Waals surface area contributed by atoms with Crippen molar-refractivity contribution in [2.75, 3.05) is 5.32 Å². The minimum Gasteiger partial charge on any atom is -0.326 e. The van der Waals surface area contributed by atoms with Crippen LogP contribution in [0.5, 0.6) is 0 Å². The van der Waals surface area contributed by atoms with Crippen LogP contribution in [0.25, 0.3) is 0 Å². The van der Waals surface area contributed by atoms with Gasteiger partial charge in [0.05, 0.1) is 0 Å². The molecule has 0 fully saturated rings. The van der Waals surface area contributed by atoms with E-state index in [9.17, 15) is 9.59 Å². The van der Waals surface area contributed by atoms with E-state index in [1.165, 1.54) is 6.92 Å². The summed E-state index contributed by atoms with van der Waals surface area (Å²) in [6.45, 7) is 5.52. The SMILES string of the molecule is CCC(CC)C(=O)Nc1cccc(C(C)=O)c1. The lowest BCUT2D eigenvalue weighted by atomic mass is 10.0. The molecule has 1 rings (SSSR count). The van der Waals surface area contributed by atoms with Crippen LogP contribution in [0.4, 0.5) is 5.69 Å². The Morgan fingerprint density at radius 3 is 2.41 bits per heavy atom. The van der Waals surface area contributed by atoms with E-state index in [4.69, 9.17) is 0 Å². The number of rotatable bonds is 5. The number of hydrogen-bond donors (Lipinski definition) is 1. The number of carbonyl (C=O) groups excluding carboxylic acids is 2. The van der Waals surface area contributed by atoms with Crippen LogP contribution in [0.3, 0.4) is 0 Å². The maximum absolute atomic E-state index is 11.9. The Hall–Kier alpha value is -1.64. The average molecular weight is 233 g/mol. The van der Waals surface area contributed by atoms with Gasteiger partial charge in [-0.05, 0) is 31.9 Å². The zero-order valence-electron chi connectivity index (χ0n) is 10.6. The van der Waals surface area contributed by atoms with Crippen LogP contribution in [0.15, 0.2) is 24.3 Å². The van der Waals surface area contributed by atoms with Crippen LogP contribution in [0.2, 0.25) is 0 Å². The van der Waals surface area contributed by atoms with Crippen LogP contribution in [0.1, 0.15) is 44.0 Å². The second kappa shape index (κ2) is 6.18. The normalized spacial score (nSPS) is 10.4. The van der Waals surface area contributed by atoms with Gasteiger partial charge in [-0.1, -0.05) is 26.0 Å². The predicted octanol–water partition coefficient (Wildman–Crippen LogP) is 3.26. The van der Waals surface area contributed by atoms with Crippen molar-refractivity contribution >= 4 is 17.4 Å². The summed E-state index contributed by atoms with van der Waals surface area (Å²) >= 11 is 0. The van der Waals surface area contributed by atoms with Gasteiger partial charge in [0.1, 0.15) is 0 Å². The van der Waals surface area contributed by atoms with Crippen molar-refractivity contribution in [2.45, 2.75) is 33.6 Å². The maximum Gasteiger partial charge on any atom is 0.227 e. The van der Waals surface area contributed by atoms with E-state index in [1.54, 1.807) is 24.3 Å². The third-order valence-corrected chi connectivity index (χ3v) is 2.89. The Labute approximate surface area is 102 Å². The summed E-state index contributed by atoms with van der Waals surface area (Å²) in [5.74, 6) is 0.0651. The molecule has 0 spiro atoms. The number of nitrogens with one attached hydrogen (secondary N) is 1. The summed E-state index contributed by atoms with van der Waals surface area (Å²) < 4.78 is 0. The minimum atomic E-state index is 0.00336. The maximum atomic E-state index is 11.9. The Morgan fingerprint density at radius 1 is 1.24 bits per heavy atom. The molecular formula is C14H19NO2. The minimum absolute atomic E-state index is 0.00336. The second-order valence-corrected chi connectivity index (χ2v) is 4.14. The fraction of sp³-hybridized carbons (Fsp3) is 0.429. The molecule has 0 aliphatic heterocycles. The van der Waals surface area contributed by atoms with Gasteiger partial charge in [0, 0.05) is 17.2 Å². The number of carbonyl (C=O) groups is 2. The van der Waals surface area contributed by atoms with Crippen molar-refractivity contribution in [3.8, 4) is 0 Å². The molecule has 3 heteroatoms. The zero-order valence-corrected chi connectivity index (χ0v) is 10.6. The summed E-state index contributed by atoms with van der Waals surface area (Å²) in [5.41, 5.74) is 1.31. The summed E-state index contributed by atoms with van der Waals surface area (Å²) in [4.78, 5) is 23.1. The van der Waals surface area contributed by atoms with Crippen molar-refractivity contribution in [1.82, 2.24) is 0 Å². The molecule has 0 saturated carbocycles. The summed E-state index contributed by atoms with van der Waals surface area (Å²) in [7, 11) is 0. The van der Waals surface area contributed by atoms with Crippen LogP contribution < -0.4 is 5.32 Å². The highest BCUT2D eigenvalue weighted by Crippen LogP contribution is 2.15. The molecule has 1 amide bonds. The first kappa shape index (κ1) is 13.4. The van der Waals surface area contributed by atoms with Gasteiger partial charge < -0.3 is 5.32 Å². The summed E-state index contributed by atoms with van der Waals surface area (Å²) in [6.07, 6.45) is 1.66. The lowest BCUT2D eigenvalue weighted by Gasteiger charge is -2.13. The molecule has 17 heavy (non-hydrogen) atoms. The van der Waals surface area contributed by atoms with Crippen LogP contribution in [-0.4, -0.2) is 11.7 Å². The van der Waals surface area contributed by atoms with Crippen molar-refractivity contribution in [2.24, 2.45) is 5.92 Å². The van der Waals surface area contributed by atoms with Gasteiger partial charge in [0.2, 0.25) is 5.91 Å². The highest BCUT2D eigenvalue weighted by atomic mass is 16.2. The molecule has 1 N–H and O–H groups in total. The molecule has 1 aromatic carbocycles. The van der Waals surface area contributed by atoms with E-state index in [-0.39, 0.29) is 17.6 Å². The van der Waals surface area contributed by atoms with Gasteiger partial charge in [-0.3, -0.25) is 9.59 Å². The molecule has 0 saturated heterocycles. The largest absolute Gasteiger partial charge is 0.326 e. The molecule has 0 heterocycles. The van der Waals surface area contributed by atoms with Gasteiger partial charge in [0.15, 0.2) is 5.78 Å². The Balaban J connectivity index is 2.78. The van der Waals surface area contributed by atoms with E-state index < -0.39 is 0 Å². The zero-order chi connectivity index (χ0) is 12.8. The molecule has 0 bridgehead atoms. The predicted molar refractivity (Wildman–Crippen MR) is 69.1 cm³/mol. The number of hydrogen-bond acceptors (Lipinski definition) is 2. The van der Waals surface area contributed by atoms with Crippen LogP contribution in [0, 0.1) is 5.92 Å². The summed E-state index contributed by atoms with van der Waals surface area (Å²) in [6, 6.07) is 7.03. The van der Waals surface area contributed by atoms with Gasteiger partial charge in [-0.25, -0.2) is 0 Å². The number of ketones is 1. The van der Waals surface area contributed by atoms with Crippen LogP contribution >= 0.6 is 0 Å². The van der Waals surface area contributed by atoms with Crippen molar-refractivity contribution in [3.63, 3.8) is 0 Å². The van der Waals surface area contributed by atoms with E-state index in [1.807, 2.05) is 13.8 Å². The van der Waals surface area contributed by atoms with E-state index >= 15 is 0 Å². The monoisotopic (exact) mass is 233 g/mol. The fourth-order valence-corrected chi connectivity index (χ4v) is 1.72. The molecule has 0 unspecified atom stereocenters. The number of amides is 1. The van der Waals surface area contributed by atoms with Gasteiger partial charge in [-0.15, -0.1) is 0 Å². The molecule has 0 aliphatic rings. The highest BCUT2D eigenvalue weighted by Gasteiger charge is 2.14. The van der Waals surface area contributed by atoms with E-state index in [0.717, 1.165) is 12.8 Å². The Morgan fingerprint density at radius 2 is 1.88 bits per heavy atom. The molecule has 1 aromatic rings. The van der Waals surface area contributed by atoms with Gasteiger partial charge in [-0.2, -0.15) is 0 Å². The molecular weight excluding hydrogens is 214 g/mol. The smallest absolute Gasteiger partial charge is 0.227 e. The Kier molecular flexibility index (Phi) is 4.88. The lowest BCUT2D eigenvalue weighted by molar-refractivity contribution is -0.120. The molecule has 92 valence electrons. The molecule has 0 atom stereocenters. The number of anilines is 1. The van der Waals surface area contributed by atoms with Crippen molar-refractivity contribution in [1.29, 1.82) is 0 Å².